The molecule has 1 unspecified atom stereocenters. The molecule has 1 N–H and O–H groups in total. The lowest BCUT2D eigenvalue weighted by Gasteiger charge is -2.22. The average Bonchev–Trinajstić information content (AvgIpc) is 2.51. The number of nitrogens with zero attached hydrogens (tertiary/aromatic N) is 1. The summed E-state index contributed by atoms with van der Waals surface area (Å²) in [6.45, 7) is 2.50. The van der Waals surface area contributed by atoms with Crippen molar-refractivity contribution in [3.8, 4) is 11.3 Å². The van der Waals surface area contributed by atoms with Crippen LogP contribution in [0.4, 0.5) is 0 Å². The van der Waals surface area contributed by atoms with E-state index in [1.807, 2.05) is 42.1 Å². The predicted octanol–water partition coefficient (Wildman–Crippen LogP) is 2.55. The molecule has 1 atom stereocenters. The zero-order valence-corrected chi connectivity index (χ0v) is 12.1. The second kappa shape index (κ2) is 5.81. The molecule has 1 aliphatic heterocycles. The molecule has 0 amide bonds. The SMILES string of the molecule is Cc1c(-c2ccccc2)nc(C2CSCCO2)[nH]c1=O. The fourth-order valence-corrected chi connectivity index (χ4v) is 3.07. The molecule has 3 rings (SSSR count). The van der Waals surface area contributed by atoms with E-state index in [-0.39, 0.29) is 11.7 Å². The van der Waals surface area contributed by atoms with Gasteiger partial charge in [-0.25, -0.2) is 4.98 Å². The van der Waals surface area contributed by atoms with Gasteiger partial charge in [-0.15, -0.1) is 0 Å². The van der Waals surface area contributed by atoms with Crippen LogP contribution in [-0.2, 0) is 4.74 Å². The summed E-state index contributed by atoms with van der Waals surface area (Å²) in [6, 6.07) is 9.78. The van der Waals surface area contributed by atoms with Crippen LogP contribution in [0.15, 0.2) is 35.1 Å². The summed E-state index contributed by atoms with van der Waals surface area (Å²) in [6.07, 6.45) is -0.121. The van der Waals surface area contributed by atoms with E-state index in [0.29, 0.717) is 18.0 Å². The van der Waals surface area contributed by atoms with Gasteiger partial charge in [0.2, 0.25) is 0 Å². The molecule has 5 heteroatoms. The lowest BCUT2D eigenvalue weighted by atomic mass is 10.1. The zero-order chi connectivity index (χ0) is 13.9. The van der Waals surface area contributed by atoms with Crippen molar-refractivity contribution >= 4 is 11.8 Å². The Labute approximate surface area is 121 Å². The van der Waals surface area contributed by atoms with E-state index in [4.69, 9.17) is 4.74 Å². The highest BCUT2D eigenvalue weighted by Crippen LogP contribution is 2.26. The van der Waals surface area contributed by atoms with Crippen LogP contribution in [0.1, 0.15) is 17.5 Å². The molecule has 0 bridgehead atoms. The summed E-state index contributed by atoms with van der Waals surface area (Å²) in [5, 5.41) is 0. The molecule has 2 heterocycles. The molecule has 0 saturated carbocycles. The number of aromatic nitrogens is 2. The van der Waals surface area contributed by atoms with Crippen LogP contribution >= 0.6 is 11.8 Å². The van der Waals surface area contributed by atoms with E-state index >= 15 is 0 Å². The first kappa shape index (κ1) is 13.4. The number of hydrogen-bond acceptors (Lipinski definition) is 4. The Morgan fingerprint density at radius 2 is 2.15 bits per heavy atom. The maximum absolute atomic E-state index is 12.1. The number of thioether (sulfide) groups is 1. The highest BCUT2D eigenvalue weighted by atomic mass is 32.2. The van der Waals surface area contributed by atoms with Crippen molar-refractivity contribution in [3.63, 3.8) is 0 Å². The summed E-state index contributed by atoms with van der Waals surface area (Å²) in [4.78, 5) is 19.6. The topological polar surface area (TPSA) is 55.0 Å². The van der Waals surface area contributed by atoms with Crippen LogP contribution < -0.4 is 5.56 Å². The van der Waals surface area contributed by atoms with Crippen molar-refractivity contribution in [1.82, 2.24) is 9.97 Å². The summed E-state index contributed by atoms with van der Waals surface area (Å²) in [7, 11) is 0. The Balaban J connectivity index is 2.06. The highest BCUT2D eigenvalue weighted by molar-refractivity contribution is 7.99. The third-order valence-corrected chi connectivity index (χ3v) is 4.33. The molecule has 2 aromatic rings. The van der Waals surface area contributed by atoms with Crippen molar-refractivity contribution in [3.05, 3.63) is 52.1 Å². The van der Waals surface area contributed by atoms with Gasteiger partial charge < -0.3 is 9.72 Å². The molecule has 1 aromatic carbocycles. The van der Waals surface area contributed by atoms with Gasteiger partial charge in [0, 0.05) is 22.6 Å². The van der Waals surface area contributed by atoms with Gasteiger partial charge in [0.05, 0.1) is 12.3 Å². The normalized spacial score (nSPS) is 18.9. The van der Waals surface area contributed by atoms with Crippen LogP contribution in [0.5, 0.6) is 0 Å². The molecular formula is C15H16N2O2S. The van der Waals surface area contributed by atoms with E-state index in [0.717, 1.165) is 22.8 Å². The van der Waals surface area contributed by atoms with E-state index in [9.17, 15) is 4.79 Å². The number of hydrogen-bond donors (Lipinski definition) is 1. The number of ether oxygens (including phenoxy) is 1. The van der Waals surface area contributed by atoms with Crippen LogP contribution in [0.3, 0.4) is 0 Å². The van der Waals surface area contributed by atoms with Gasteiger partial charge in [-0.05, 0) is 6.92 Å². The standard InChI is InChI=1S/C15H16N2O2S/c1-10-13(11-5-3-2-4-6-11)16-14(17-15(10)18)12-9-20-8-7-19-12/h2-6,12H,7-9H2,1H3,(H,16,17,18). The Morgan fingerprint density at radius 1 is 1.35 bits per heavy atom. The number of benzene rings is 1. The quantitative estimate of drug-likeness (QED) is 0.922. The number of aromatic amines is 1. The van der Waals surface area contributed by atoms with Crippen molar-refractivity contribution in [2.45, 2.75) is 13.0 Å². The lowest BCUT2D eigenvalue weighted by molar-refractivity contribution is 0.0693. The van der Waals surface area contributed by atoms with E-state index in [1.165, 1.54) is 0 Å². The van der Waals surface area contributed by atoms with Crippen molar-refractivity contribution in [2.75, 3.05) is 18.1 Å². The molecule has 4 nitrogen and oxygen atoms in total. The molecule has 0 spiro atoms. The lowest BCUT2D eigenvalue weighted by Crippen LogP contribution is -2.23. The first-order valence-corrected chi connectivity index (χ1v) is 7.77. The fraction of sp³-hybridized carbons (Fsp3) is 0.333. The summed E-state index contributed by atoms with van der Waals surface area (Å²) < 4.78 is 5.70. The van der Waals surface area contributed by atoms with Gasteiger partial charge in [0.1, 0.15) is 11.9 Å². The van der Waals surface area contributed by atoms with E-state index in [1.54, 1.807) is 6.92 Å². The van der Waals surface area contributed by atoms with Gasteiger partial charge >= 0.3 is 0 Å². The predicted molar refractivity (Wildman–Crippen MR) is 81.0 cm³/mol. The van der Waals surface area contributed by atoms with Gasteiger partial charge in [-0.1, -0.05) is 30.3 Å². The Bertz CT molecular complexity index is 649. The van der Waals surface area contributed by atoms with Gasteiger partial charge in [0.25, 0.3) is 5.56 Å². The third kappa shape index (κ3) is 2.64. The number of nitrogens with one attached hydrogen (secondary N) is 1. The maximum Gasteiger partial charge on any atom is 0.254 e. The molecule has 1 aromatic heterocycles. The van der Waals surface area contributed by atoms with Gasteiger partial charge in [0.15, 0.2) is 0 Å². The molecule has 20 heavy (non-hydrogen) atoms. The van der Waals surface area contributed by atoms with Crippen molar-refractivity contribution in [2.24, 2.45) is 0 Å². The second-order valence-corrected chi connectivity index (χ2v) is 5.87. The molecular weight excluding hydrogens is 272 g/mol. The minimum absolute atomic E-state index is 0.0898. The Hall–Kier alpha value is -1.59. The smallest absolute Gasteiger partial charge is 0.254 e. The fourth-order valence-electron chi connectivity index (χ4n) is 2.23. The average molecular weight is 288 g/mol. The first-order valence-electron chi connectivity index (χ1n) is 6.61. The van der Waals surface area contributed by atoms with E-state index in [2.05, 4.69) is 9.97 Å². The zero-order valence-electron chi connectivity index (χ0n) is 11.3. The molecule has 104 valence electrons. The number of rotatable bonds is 2. The first-order chi connectivity index (χ1) is 9.75. The van der Waals surface area contributed by atoms with Crippen molar-refractivity contribution < 1.29 is 4.74 Å². The Morgan fingerprint density at radius 3 is 2.85 bits per heavy atom. The highest BCUT2D eigenvalue weighted by Gasteiger charge is 2.20. The monoisotopic (exact) mass is 288 g/mol. The summed E-state index contributed by atoms with van der Waals surface area (Å²) >= 11 is 1.82. The Kier molecular flexibility index (Phi) is 3.89. The second-order valence-electron chi connectivity index (χ2n) is 4.73. The van der Waals surface area contributed by atoms with Crippen LogP contribution in [0, 0.1) is 6.92 Å². The van der Waals surface area contributed by atoms with Gasteiger partial charge in [-0.2, -0.15) is 11.8 Å². The largest absolute Gasteiger partial charge is 0.369 e. The molecule has 1 aliphatic rings. The van der Waals surface area contributed by atoms with Crippen LogP contribution in [-0.4, -0.2) is 28.1 Å². The van der Waals surface area contributed by atoms with Crippen molar-refractivity contribution in [1.29, 1.82) is 0 Å². The molecule has 0 radical (unpaired) electrons. The number of H-pyrrole nitrogens is 1. The minimum Gasteiger partial charge on any atom is -0.369 e. The maximum atomic E-state index is 12.1. The third-order valence-electron chi connectivity index (χ3n) is 3.34. The molecule has 1 saturated heterocycles. The summed E-state index contributed by atoms with van der Waals surface area (Å²) in [5.41, 5.74) is 2.25. The summed E-state index contributed by atoms with van der Waals surface area (Å²) in [5.74, 6) is 2.46. The molecule has 0 aliphatic carbocycles. The molecule has 1 fully saturated rings. The minimum atomic E-state index is -0.121. The van der Waals surface area contributed by atoms with Crippen LogP contribution in [0.25, 0.3) is 11.3 Å². The van der Waals surface area contributed by atoms with Crippen LogP contribution in [0.2, 0.25) is 0 Å². The van der Waals surface area contributed by atoms with E-state index < -0.39 is 0 Å². The van der Waals surface area contributed by atoms with Gasteiger partial charge in [-0.3, -0.25) is 4.79 Å².